The Bertz CT molecular complexity index is 920. The number of hydrogen-bond donors (Lipinski definition) is 3. The number of para-hydroxylation sites is 1. The Hall–Kier alpha value is -3.41. The Morgan fingerprint density at radius 2 is 1.83 bits per heavy atom. The van der Waals surface area contributed by atoms with E-state index in [1.807, 2.05) is 55.5 Å². The van der Waals surface area contributed by atoms with Crippen molar-refractivity contribution >= 4 is 23.3 Å². The molecule has 0 bridgehead atoms. The molecule has 0 saturated heterocycles. The molecule has 1 aliphatic carbocycles. The second-order valence-electron chi connectivity index (χ2n) is 7.00. The zero-order chi connectivity index (χ0) is 20.8. The molecule has 1 atom stereocenters. The van der Waals surface area contributed by atoms with Gasteiger partial charge in [0.1, 0.15) is 5.84 Å². The van der Waals surface area contributed by atoms with Crippen LogP contribution in [0.1, 0.15) is 30.9 Å². The summed E-state index contributed by atoms with van der Waals surface area (Å²) >= 11 is 0. The number of carbonyl (C=O) groups is 2. The van der Waals surface area contributed by atoms with Crippen LogP contribution in [0.2, 0.25) is 0 Å². The maximum atomic E-state index is 13.1. The molecule has 1 aliphatic rings. The first kappa shape index (κ1) is 20.3. The number of rotatable bonds is 7. The summed E-state index contributed by atoms with van der Waals surface area (Å²) in [7, 11) is 0. The van der Waals surface area contributed by atoms with Gasteiger partial charge in [-0.1, -0.05) is 48.5 Å². The number of carbonyl (C=O) groups excluding carboxylic acids is 2. The van der Waals surface area contributed by atoms with Crippen LogP contribution in [0.15, 0.2) is 66.2 Å². The normalized spacial score (nSPS) is 15.5. The third kappa shape index (κ3) is 4.71. The fraction of sp³-hybridized carbons (Fsp3) is 0.261. The summed E-state index contributed by atoms with van der Waals surface area (Å²) < 4.78 is 0. The number of anilines is 1. The quantitative estimate of drug-likeness (QED) is 0.501. The Morgan fingerprint density at radius 3 is 2.45 bits per heavy atom. The number of hydrogen-bond acceptors (Lipinski definition) is 3. The van der Waals surface area contributed by atoms with Crippen molar-refractivity contribution in [3.8, 4) is 0 Å². The summed E-state index contributed by atoms with van der Waals surface area (Å²) in [6, 6.07) is 16.7. The van der Waals surface area contributed by atoms with Crippen LogP contribution in [0, 0.1) is 11.3 Å². The number of nitrogens with two attached hydrogens (primary N) is 1. The van der Waals surface area contributed by atoms with E-state index in [2.05, 4.69) is 5.32 Å². The van der Waals surface area contributed by atoms with E-state index < -0.39 is 5.92 Å². The highest BCUT2D eigenvalue weighted by molar-refractivity contribution is 6.05. The van der Waals surface area contributed by atoms with E-state index in [0.717, 1.165) is 17.7 Å². The van der Waals surface area contributed by atoms with Gasteiger partial charge in [-0.05, 0) is 37.5 Å². The predicted octanol–water partition coefficient (Wildman–Crippen LogP) is 2.98. The zero-order valence-electron chi connectivity index (χ0n) is 16.5. The van der Waals surface area contributed by atoms with Crippen LogP contribution >= 0.6 is 0 Å². The third-order valence-corrected chi connectivity index (χ3v) is 5.12. The van der Waals surface area contributed by atoms with E-state index >= 15 is 0 Å². The highest BCUT2D eigenvalue weighted by atomic mass is 16.2. The van der Waals surface area contributed by atoms with E-state index in [1.54, 1.807) is 17.0 Å². The van der Waals surface area contributed by atoms with Crippen molar-refractivity contribution in [3.05, 3.63) is 77.4 Å². The number of amides is 2. The fourth-order valence-corrected chi connectivity index (χ4v) is 3.56. The first-order chi connectivity index (χ1) is 14.0. The molecule has 0 fully saturated rings. The van der Waals surface area contributed by atoms with Gasteiger partial charge in [0.15, 0.2) is 0 Å². The zero-order valence-corrected chi connectivity index (χ0v) is 16.5. The molecule has 150 valence electrons. The second-order valence-corrected chi connectivity index (χ2v) is 7.00. The molecule has 2 aromatic rings. The lowest BCUT2D eigenvalue weighted by Crippen LogP contribution is -2.39. The average molecular weight is 390 g/mol. The summed E-state index contributed by atoms with van der Waals surface area (Å²) in [5.41, 5.74) is 8.40. The van der Waals surface area contributed by atoms with Gasteiger partial charge in [0.25, 0.3) is 0 Å². The molecule has 29 heavy (non-hydrogen) atoms. The van der Waals surface area contributed by atoms with Crippen LogP contribution in [0.4, 0.5) is 5.69 Å². The number of amidine groups is 1. The van der Waals surface area contributed by atoms with E-state index in [-0.39, 0.29) is 17.6 Å². The monoisotopic (exact) mass is 390 g/mol. The Morgan fingerprint density at radius 1 is 1.14 bits per heavy atom. The van der Waals surface area contributed by atoms with Gasteiger partial charge in [-0.2, -0.15) is 0 Å². The highest BCUT2D eigenvalue weighted by Crippen LogP contribution is 2.29. The van der Waals surface area contributed by atoms with Gasteiger partial charge in [0, 0.05) is 29.9 Å². The van der Waals surface area contributed by atoms with Crippen molar-refractivity contribution in [3.63, 3.8) is 0 Å². The number of nitrogens with zero attached hydrogens (tertiary/aromatic N) is 1. The predicted molar refractivity (Wildman–Crippen MR) is 115 cm³/mol. The van der Waals surface area contributed by atoms with Gasteiger partial charge >= 0.3 is 0 Å². The first-order valence-corrected chi connectivity index (χ1v) is 9.79. The van der Waals surface area contributed by atoms with Gasteiger partial charge in [0.2, 0.25) is 11.8 Å². The average Bonchev–Trinajstić information content (AvgIpc) is 3.23. The molecule has 0 aromatic heterocycles. The molecule has 3 rings (SSSR count). The number of nitrogen functional groups attached to an aromatic ring is 1. The number of allylic oxidation sites excluding steroid dienone is 1. The molecule has 6 nitrogen and oxygen atoms in total. The van der Waals surface area contributed by atoms with Crippen molar-refractivity contribution in [2.24, 2.45) is 11.7 Å². The summed E-state index contributed by atoms with van der Waals surface area (Å²) in [6.07, 6.45) is 3.24. The van der Waals surface area contributed by atoms with Crippen LogP contribution in [0.5, 0.6) is 0 Å². The van der Waals surface area contributed by atoms with Crippen LogP contribution in [0.3, 0.4) is 0 Å². The maximum Gasteiger partial charge on any atom is 0.247 e. The molecule has 6 heteroatoms. The van der Waals surface area contributed by atoms with E-state index in [4.69, 9.17) is 11.1 Å². The molecule has 0 radical (unpaired) electrons. The summed E-state index contributed by atoms with van der Waals surface area (Å²) in [5, 5.41) is 10.3. The molecule has 0 spiro atoms. The van der Waals surface area contributed by atoms with E-state index in [9.17, 15) is 9.59 Å². The van der Waals surface area contributed by atoms with Crippen LogP contribution < -0.4 is 16.0 Å². The Labute approximate surface area is 170 Å². The largest absolute Gasteiger partial charge is 0.384 e. The molecule has 1 unspecified atom stereocenters. The fourth-order valence-electron chi connectivity index (χ4n) is 3.56. The smallest absolute Gasteiger partial charge is 0.247 e. The Kier molecular flexibility index (Phi) is 6.44. The van der Waals surface area contributed by atoms with Gasteiger partial charge < -0.3 is 16.0 Å². The lowest BCUT2D eigenvalue weighted by Gasteiger charge is -2.25. The molecule has 2 aromatic carbocycles. The third-order valence-electron chi connectivity index (χ3n) is 5.12. The number of benzene rings is 2. The van der Waals surface area contributed by atoms with Crippen molar-refractivity contribution in [1.82, 2.24) is 5.32 Å². The molecular formula is C23H26N4O2. The molecule has 2 amide bonds. The lowest BCUT2D eigenvalue weighted by molar-refractivity contribution is -0.124. The van der Waals surface area contributed by atoms with Gasteiger partial charge in [0.05, 0.1) is 5.92 Å². The van der Waals surface area contributed by atoms with Crippen LogP contribution in [-0.2, 0) is 16.1 Å². The van der Waals surface area contributed by atoms with Gasteiger partial charge in [-0.25, -0.2) is 0 Å². The molecule has 0 aliphatic heterocycles. The molecular weight excluding hydrogens is 364 g/mol. The topological polar surface area (TPSA) is 99.3 Å². The minimum absolute atomic E-state index is 0.0111. The van der Waals surface area contributed by atoms with E-state index in [0.29, 0.717) is 30.6 Å². The standard InChI is InChI=1S/C23H26N4O2/c1-2-27(18-7-4-3-5-8-18)23(29)20-10-6-9-19(20)22(28)26-15-16-11-13-17(14-12-16)21(24)25/h3-5,7-9,11-14,20H,2,6,10,15H2,1H3,(H3,24,25)(H,26,28). The maximum absolute atomic E-state index is 13.1. The van der Waals surface area contributed by atoms with Crippen molar-refractivity contribution < 1.29 is 9.59 Å². The SMILES string of the molecule is CCN(C(=O)C1CCC=C1C(=O)NCc1ccc(C(=N)N)cc1)c1ccccc1. The first-order valence-electron chi connectivity index (χ1n) is 9.79. The molecule has 0 saturated carbocycles. The molecule has 4 N–H and O–H groups in total. The van der Waals surface area contributed by atoms with Crippen molar-refractivity contribution in [1.29, 1.82) is 5.41 Å². The van der Waals surface area contributed by atoms with Crippen LogP contribution in [0.25, 0.3) is 0 Å². The minimum Gasteiger partial charge on any atom is -0.384 e. The van der Waals surface area contributed by atoms with Gasteiger partial charge in [-0.3, -0.25) is 15.0 Å². The summed E-state index contributed by atoms with van der Waals surface area (Å²) in [6.45, 7) is 2.84. The van der Waals surface area contributed by atoms with Crippen molar-refractivity contribution in [2.75, 3.05) is 11.4 Å². The van der Waals surface area contributed by atoms with Crippen LogP contribution in [-0.4, -0.2) is 24.2 Å². The molecule has 0 heterocycles. The van der Waals surface area contributed by atoms with Crippen molar-refractivity contribution in [2.45, 2.75) is 26.3 Å². The second kappa shape index (κ2) is 9.19. The lowest BCUT2D eigenvalue weighted by atomic mass is 9.98. The van der Waals surface area contributed by atoms with Gasteiger partial charge in [-0.15, -0.1) is 0 Å². The summed E-state index contributed by atoms with van der Waals surface area (Å²) in [4.78, 5) is 27.6. The highest BCUT2D eigenvalue weighted by Gasteiger charge is 2.33. The number of nitrogens with one attached hydrogen (secondary N) is 2. The van der Waals surface area contributed by atoms with E-state index in [1.165, 1.54) is 0 Å². The summed E-state index contributed by atoms with van der Waals surface area (Å²) in [5.74, 6) is -0.656. The minimum atomic E-state index is -0.421. The Balaban J connectivity index is 1.65.